The molecular formula is C13H21BrN2O. The second-order valence-corrected chi connectivity index (χ2v) is 5.09. The zero-order chi connectivity index (χ0) is 12.8. The number of benzene rings is 1. The molecular weight excluding hydrogens is 280 g/mol. The van der Waals surface area contributed by atoms with Crippen LogP contribution in [0, 0.1) is 6.92 Å². The van der Waals surface area contributed by atoms with E-state index in [-0.39, 0.29) is 6.04 Å². The third-order valence-corrected chi connectivity index (χ3v) is 3.86. The Labute approximate surface area is 112 Å². The van der Waals surface area contributed by atoms with Gasteiger partial charge in [-0.3, -0.25) is 4.90 Å². The normalized spacial score (nSPS) is 13.1. The van der Waals surface area contributed by atoms with E-state index in [1.165, 1.54) is 11.1 Å². The van der Waals surface area contributed by atoms with Gasteiger partial charge in [0.15, 0.2) is 0 Å². The summed E-state index contributed by atoms with van der Waals surface area (Å²) in [4.78, 5) is 2.23. The number of nitrogens with two attached hydrogens (primary N) is 1. The topological polar surface area (TPSA) is 38.5 Å². The molecule has 1 unspecified atom stereocenters. The lowest BCUT2D eigenvalue weighted by Crippen LogP contribution is -2.33. The lowest BCUT2D eigenvalue weighted by atomic mass is 10.0. The van der Waals surface area contributed by atoms with Crippen LogP contribution in [0.15, 0.2) is 22.7 Å². The van der Waals surface area contributed by atoms with Crippen molar-refractivity contribution in [3.63, 3.8) is 0 Å². The van der Waals surface area contributed by atoms with Crippen molar-refractivity contribution in [2.45, 2.75) is 13.0 Å². The van der Waals surface area contributed by atoms with Crippen molar-refractivity contribution in [3.05, 3.63) is 33.8 Å². The van der Waals surface area contributed by atoms with Crippen LogP contribution in [0.25, 0.3) is 0 Å². The fourth-order valence-electron chi connectivity index (χ4n) is 1.84. The second-order valence-electron chi connectivity index (χ2n) is 4.23. The Morgan fingerprint density at radius 1 is 1.47 bits per heavy atom. The van der Waals surface area contributed by atoms with Gasteiger partial charge in [-0.05, 0) is 31.2 Å². The Morgan fingerprint density at radius 3 is 2.71 bits per heavy atom. The van der Waals surface area contributed by atoms with Gasteiger partial charge in [-0.25, -0.2) is 0 Å². The largest absolute Gasteiger partial charge is 0.383 e. The molecule has 0 fully saturated rings. The molecule has 0 spiro atoms. The van der Waals surface area contributed by atoms with Gasteiger partial charge in [0.25, 0.3) is 0 Å². The van der Waals surface area contributed by atoms with Crippen LogP contribution in [0.5, 0.6) is 0 Å². The second kappa shape index (κ2) is 7.11. The van der Waals surface area contributed by atoms with Crippen molar-refractivity contribution in [1.82, 2.24) is 4.90 Å². The van der Waals surface area contributed by atoms with Crippen LogP contribution in [0.1, 0.15) is 17.2 Å². The molecule has 2 N–H and O–H groups in total. The molecule has 1 rings (SSSR count). The summed E-state index contributed by atoms with van der Waals surface area (Å²) >= 11 is 3.51. The lowest BCUT2D eigenvalue weighted by molar-refractivity contribution is 0.140. The molecule has 0 aromatic heterocycles. The quantitative estimate of drug-likeness (QED) is 0.876. The van der Waals surface area contributed by atoms with Crippen LogP contribution >= 0.6 is 15.9 Å². The minimum Gasteiger partial charge on any atom is -0.383 e. The van der Waals surface area contributed by atoms with E-state index in [1.54, 1.807) is 7.11 Å². The zero-order valence-corrected chi connectivity index (χ0v) is 12.3. The molecule has 0 aliphatic rings. The highest BCUT2D eigenvalue weighted by Crippen LogP contribution is 2.23. The number of nitrogens with zero attached hydrogens (tertiary/aromatic N) is 1. The summed E-state index contributed by atoms with van der Waals surface area (Å²) in [7, 11) is 3.79. The number of methoxy groups -OCH3 is 1. The first kappa shape index (κ1) is 14.6. The minimum atomic E-state index is 0.247. The number of ether oxygens (including phenoxy) is 1. The Hall–Kier alpha value is -0.420. The third kappa shape index (κ3) is 4.07. The third-order valence-electron chi connectivity index (χ3n) is 2.97. The van der Waals surface area contributed by atoms with E-state index in [2.05, 4.69) is 53.0 Å². The predicted octanol–water partition coefficient (Wildman–Crippen LogP) is 2.34. The minimum absolute atomic E-state index is 0.247. The standard InChI is InChI=1S/C13H21BrN2O/c1-10-8-11(4-5-12(10)14)13(9-15)16(2)6-7-17-3/h4-5,8,13H,6-7,9,15H2,1-3H3. The molecule has 0 heterocycles. The maximum absolute atomic E-state index is 5.87. The molecule has 0 saturated heterocycles. The Bertz CT molecular complexity index is 357. The van der Waals surface area contributed by atoms with E-state index in [9.17, 15) is 0 Å². The van der Waals surface area contributed by atoms with Gasteiger partial charge >= 0.3 is 0 Å². The number of halogens is 1. The molecule has 3 nitrogen and oxygen atoms in total. The number of likely N-dealkylation sites (N-methyl/N-ethyl adjacent to an activating group) is 1. The number of rotatable bonds is 6. The van der Waals surface area contributed by atoms with Crippen LogP contribution in [0.2, 0.25) is 0 Å². The molecule has 0 bridgehead atoms. The van der Waals surface area contributed by atoms with Crippen LogP contribution < -0.4 is 5.73 Å². The summed E-state index contributed by atoms with van der Waals surface area (Å²) in [6.45, 7) is 4.31. The average Bonchev–Trinajstić information content (AvgIpc) is 2.32. The van der Waals surface area contributed by atoms with Gasteiger partial charge < -0.3 is 10.5 Å². The highest BCUT2D eigenvalue weighted by Gasteiger charge is 2.15. The van der Waals surface area contributed by atoms with Gasteiger partial charge in [-0.15, -0.1) is 0 Å². The molecule has 0 radical (unpaired) electrons. The molecule has 1 aromatic carbocycles. The van der Waals surface area contributed by atoms with Crippen LogP contribution in [-0.4, -0.2) is 38.8 Å². The molecule has 0 aliphatic heterocycles. The van der Waals surface area contributed by atoms with Crippen molar-refractivity contribution in [1.29, 1.82) is 0 Å². The Kier molecular flexibility index (Phi) is 6.12. The zero-order valence-electron chi connectivity index (χ0n) is 10.7. The maximum atomic E-state index is 5.87. The number of hydrogen-bond acceptors (Lipinski definition) is 3. The van der Waals surface area contributed by atoms with Crippen molar-refractivity contribution < 1.29 is 4.74 Å². The Morgan fingerprint density at radius 2 is 2.18 bits per heavy atom. The van der Waals surface area contributed by atoms with Crippen molar-refractivity contribution in [3.8, 4) is 0 Å². The van der Waals surface area contributed by atoms with Crippen LogP contribution in [0.3, 0.4) is 0 Å². The Balaban J connectivity index is 2.81. The first-order valence-electron chi connectivity index (χ1n) is 5.75. The van der Waals surface area contributed by atoms with E-state index >= 15 is 0 Å². The fraction of sp³-hybridized carbons (Fsp3) is 0.538. The summed E-state index contributed by atoms with van der Waals surface area (Å²) in [5.74, 6) is 0. The average molecular weight is 301 g/mol. The molecule has 4 heteroatoms. The summed E-state index contributed by atoms with van der Waals surface area (Å²) in [6, 6.07) is 6.64. The SMILES string of the molecule is COCCN(C)C(CN)c1ccc(Br)c(C)c1. The maximum Gasteiger partial charge on any atom is 0.0589 e. The molecule has 0 aliphatic carbocycles. The monoisotopic (exact) mass is 300 g/mol. The van der Waals surface area contributed by atoms with E-state index in [0.717, 1.165) is 17.6 Å². The summed E-state index contributed by atoms with van der Waals surface area (Å²) in [5, 5.41) is 0. The molecule has 0 amide bonds. The van der Waals surface area contributed by atoms with Gasteiger partial charge in [-0.1, -0.05) is 28.1 Å². The lowest BCUT2D eigenvalue weighted by Gasteiger charge is -2.27. The van der Waals surface area contributed by atoms with Gasteiger partial charge in [0, 0.05) is 30.7 Å². The van der Waals surface area contributed by atoms with E-state index in [4.69, 9.17) is 10.5 Å². The van der Waals surface area contributed by atoms with Gasteiger partial charge in [0.2, 0.25) is 0 Å². The van der Waals surface area contributed by atoms with E-state index in [1.807, 2.05) is 0 Å². The first-order valence-corrected chi connectivity index (χ1v) is 6.54. The van der Waals surface area contributed by atoms with Crippen LogP contribution in [0.4, 0.5) is 0 Å². The van der Waals surface area contributed by atoms with Crippen molar-refractivity contribution >= 4 is 15.9 Å². The number of hydrogen-bond donors (Lipinski definition) is 1. The predicted molar refractivity (Wildman–Crippen MR) is 75.2 cm³/mol. The summed E-state index contributed by atoms with van der Waals surface area (Å²) in [5.41, 5.74) is 8.36. The van der Waals surface area contributed by atoms with Gasteiger partial charge in [-0.2, -0.15) is 0 Å². The highest BCUT2D eigenvalue weighted by atomic mass is 79.9. The molecule has 1 atom stereocenters. The fourth-order valence-corrected chi connectivity index (χ4v) is 2.08. The van der Waals surface area contributed by atoms with Crippen molar-refractivity contribution in [2.24, 2.45) is 5.73 Å². The van der Waals surface area contributed by atoms with E-state index < -0.39 is 0 Å². The first-order chi connectivity index (χ1) is 8.10. The summed E-state index contributed by atoms with van der Waals surface area (Å²) < 4.78 is 6.23. The van der Waals surface area contributed by atoms with Gasteiger partial charge in [0.05, 0.1) is 6.61 Å². The smallest absolute Gasteiger partial charge is 0.0589 e. The van der Waals surface area contributed by atoms with Crippen LogP contribution in [-0.2, 0) is 4.74 Å². The molecule has 1 aromatic rings. The number of aryl methyl sites for hydroxylation is 1. The van der Waals surface area contributed by atoms with Gasteiger partial charge in [0.1, 0.15) is 0 Å². The highest BCUT2D eigenvalue weighted by molar-refractivity contribution is 9.10. The molecule has 0 saturated carbocycles. The molecule has 96 valence electrons. The molecule has 17 heavy (non-hydrogen) atoms. The van der Waals surface area contributed by atoms with Crippen molar-refractivity contribution in [2.75, 3.05) is 33.9 Å². The summed E-state index contributed by atoms with van der Waals surface area (Å²) in [6.07, 6.45) is 0. The van der Waals surface area contributed by atoms with E-state index in [0.29, 0.717) is 6.54 Å².